The Morgan fingerprint density at radius 1 is 0.795 bits per heavy atom. The van der Waals surface area contributed by atoms with Crippen LogP contribution in [0, 0.1) is 5.92 Å². The molecule has 9 heteroatoms. The number of carbonyl (C=O) groups excluding carboxylic acids is 1. The Morgan fingerprint density at radius 3 is 2.18 bits per heavy atom. The van der Waals surface area contributed by atoms with E-state index in [1.54, 1.807) is 30.3 Å². The molecular weight excluding hydrogens is 564 g/mol. The van der Waals surface area contributed by atoms with Gasteiger partial charge in [0.05, 0.1) is 12.7 Å². The summed E-state index contributed by atoms with van der Waals surface area (Å²) in [6.07, 6.45) is 2.17. The second-order valence-electron chi connectivity index (χ2n) is 11.1. The van der Waals surface area contributed by atoms with Crippen molar-refractivity contribution in [3.8, 4) is 51.6 Å². The Labute approximate surface area is 252 Å². The predicted molar refractivity (Wildman–Crippen MR) is 163 cm³/mol. The molecule has 44 heavy (non-hydrogen) atoms. The van der Waals surface area contributed by atoms with Gasteiger partial charge in [0.15, 0.2) is 5.78 Å². The highest BCUT2D eigenvalue weighted by Gasteiger charge is 2.43. The molecule has 0 saturated heterocycles. The first-order valence-electron chi connectivity index (χ1n) is 13.9. The van der Waals surface area contributed by atoms with Gasteiger partial charge in [-0.25, -0.2) is 0 Å². The van der Waals surface area contributed by atoms with Crippen LogP contribution in [0.3, 0.4) is 0 Å². The minimum atomic E-state index is -0.995. The molecule has 9 nitrogen and oxygen atoms in total. The molecule has 0 bridgehead atoms. The summed E-state index contributed by atoms with van der Waals surface area (Å²) in [5.41, 5.74) is 2.16. The Morgan fingerprint density at radius 2 is 1.50 bits per heavy atom. The largest absolute Gasteiger partial charge is 0.508 e. The van der Waals surface area contributed by atoms with Crippen LogP contribution in [0.1, 0.15) is 46.7 Å². The number of phenols is 6. The number of aromatic hydroxyl groups is 6. The van der Waals surface area contributed by atoms with Crippen LogP contribution in [0.5, 0.6) is 40.2 Å². The Hall–Kier alpha value is -5.57. The lowest BCUT2D eigenvalue weighted by molar-refractivity contribution is 0.0876. The van der Waals surface area contributed by atoms with E-state index in [4.69, 9.17) is 9.15 Å². The molecule has 6 rings (SSSR count). The molecule has 3 atom stereocenters. The second kappa shape index (κ2) is 10.9. The van der Waals surface area contributed by atoms with E-state index in [1.807, 2.05) is 6.92 Å². The average Bonchev–Trinajstić information content (AvgIpc) is 3.39. The van der Waals surface area contributed by atoms with Gasteiger partial charge in [-0.3, -0.25) is 4.79 Å². The molecule has 1 aliphatic rings. The monoisotopic (exact) mass is 594 g/mol. The first-order valence-corrected chi connectivity index (χ1v) is 13.9. The van der Waals surface area contributed by atoms with Gasteiger partial charge in [0.25, 0.3) is 0 Å². The number of ketones is 1. The number of methoxy groups -OCH3 is 1. The van der Waals surface area contributed by atoms with Crippen LogP contribution in [0.2, 0.25) is 0 Å². The summed E-state index contributed by atoms with van der Waals surface area (Å²) in [6.45, 7) is 1.87. The number of hydrogen-bond donors (Lipinski definition) is 6. The molecule has 0 aliphatic heterocycles. The number of Topliss-reactive ketones (excluding diaryl/α,β-unsaturated/α-hetero) is 1. The van der Waals surface area contributed by atoms with Gasteiger partial charge in [-0.05, 0) is 67.4 Å². The summed E-state index contributed by atoms with van der Waals surface area (Å²) >= 11 is 0. The maximum atomic E-state index is 14.3. The summed E-state index contributed by atoms with van der Waals surface area (Å²) in [4.78, 5) is 14.3. The number of furan rings is 1. The van der Waals surface area contributed by atoms with Crippen molar-refractivity contribution in [1.29, 1.82) is 0 Å². The van der Waals surface area contributed by atoms with Crippen molar-refractivity contribution in [2.24, 2.45) is 5.92 Å². The van der Waals surface area contributed by atoms with Crippen molar-refractivity contribution in [3.05, 3.63) is 101 Å². The van der Waals surface area contributed by atoms with E-state index in [9.17, 15) is 35.4 Å². The van der Waals surface area contributed by atoms with Crippen molar-refractivity contribution >= 4 is 16.8 Å². The molecular formula is C35H30O9. The molecule has 0 spiro atoms. The SMILES string of the molecule is COc1ccc(C2CC(C)=CC(c3c(O)cc(-c4cc5ccc(O)cc5o4)cc3O)C2C(=O)c2ccc(O)cc2O)c(O)c1. The van der Waals surface area contributed by atoms with Crippen LogP contribution in [0.4, 0.5) is 0 Å². The summed E-state index contributed by atoms with van der Waals surface area (Å²) in [6, 6.07) is 17.8. The predicted octanol–water partition coefficient (Wildman–Crippen LogP) is 7.06. The molecule has 0 saturated carbocycles. The molecule has 224 valence electrons. The van der Waals surface area contributed by atoms with Gasteiger partial charge < -0.3 is 39.8 Å². The highest BCUT2D eigenvalue weighted by atomic mass is 16.5. The number of allylic oxidation sites excluding steroid dienone is 2. The zero-order chi connectivity index (χ0) is 31.3. The number of hydrogen-bond acceptors (Lipinski definition) is 9. The number of ether oxygens (including phenoxy) is 1. The lowest BCUT2D eigenvalue weighted by Crippen LogP contribution is -2.31. The van der Waals surface area contributed by atoms with E-state index < -0.39 is 29.3 Å². The molecule has 3 unspecified atom stereocenters. The van der Waals surface area contributed by atoms with Crippen LogP contribution in [0.25, 0.3) is 22.3 Å². The number of benzene rings is 4. The van der Waals surface area contributed by atoms with Gasteiger partial charge >= 0.3 is 0 Å². The van der Waals surface area contributed by atoms with E-state index in [0.29, 0.717) is 40.0 Å². The van der Waals surface area contributed by atoms with Crippen LogP contribution in [0.15, 0.2) is 88.9 Å². The van der Waals surface area contributed by atoms with Gasteiger partial charge in [0.1, 0.15) is 51.6 Å². The van der Waals surface area contributed by atoms with E-state index in [2.05, 4.69) is 0 Å². The van der Waals surface area contributed by atoms with Crippen molar-refractivity contribution in [1.82, 2.24) is 0 Å². The van der Waals surface area contributed by atoms with Crippen molar-refractivity contribution in [3.63, 3.8) is 0 Å². The minimum absolute atomic E-state index is 0.0340. The summed E-state index contributed by atoms with van der Waals surface area (Å²) in [5.74, 6) is -3.49. The quantitative estimate of drug-likeness (QED) is 0.0893. The lowest BCUT2D eigenvalue weighted by atomic mass is 9.65. The van der Waals surface area contributed by atoms with Crippen molar-refractivity contribution in [2.45, 2.75) is 25.2 Å². The maximum absolute atomic E-state index is 14.3. The minimum Gasteiger partial charge on any atom is -0.508 e. The Kier molecular flexibility index (Phi) is 7.09. The van der Waals surface area contributed by atoms with Gasteiger partial charge in [-0.1, -0.05) is 17.7 Å². The highest BCUT2D eigenvalue weighted by molar-refractivity contribution is 6.02. The van der Waals surface area contributed by atoms with Gasteiger partial charge in [-0.15, -0.1) is 0 Å². The molecule has 5 aromatic rings. The molecule has 1 aliphatic carbocycles. The third-order valence-electron chi connectivity index (χ3n) is 8.27. The average molecular weight is 595 g/mol. The Balaban J connectivity index is 1.50. The third-order valence-corrected chi connectivity index (χ3v) is 8.27. The fourth-order valence-corrected chi connectivity index (χ4v) is 6.26. The van der Waals surface area contributed by atoms with E-state index >= 15 is 0 Å². The first-order chi connectivity index (χ1) is 21.0. The number of phenolic OH excluding ortho intramolecular Hbond substituents is 6. The topological polar surface area (TPSA) is 161 Å². The Bertz CT molecular complexity index is 1930. The molecule has 1 heterocycles. The van der Waals surface area contributed by atoms with Gasteiger partial charge in [-0.2, -0.15) is 0 Å². The first kappa shape index (κ1) is 28.5. The van der Waals surface area contributed by atoms with E-state index in [0.717, 1.165) is 11.6 Å². The molecule has 6 N–H and O–H groups in total. The maximum Gasteiger partial charge on any atom is 0.171 e. The fraction of sp³-hybridized carbons (Fsp3) is 0.171. The van der Waals surface area contributed by atoms with Crippen LogP contribution in [-0.2, 0) is 0 Å². The summed E-state index contributed by atoms with van der Waals surface area (Å²) in [5, 5.41) is 64.8. The standard InChI is InChI=1S/C35H30O9/c1-17-9-25(23-8-6-22(43-2)16-28(23)39)33(35(42)24-7-5-20(36)14-27(24)38)26(10-17)34-29(40)11-19(12-30(34)41)31-13-18-3-4-21(37)15-32(18)44-31/h3-8,10-16,25-26,33,36-41H,9H2,1-2H3. The van der Waals surface area contributed by atoms with Crippen LogP contribution >= 0.6 is 0 Å². The van der Waals surface area contributed by atoms with Crippen molar-refractivity contribution in [2.75, 3.05) is 7.11 Å². The second-order valence-corrected chi connectivity index (χ2v) is 11.1. The van der Waals surface area contributed by atoms with E-state index in [1.165, 1.54) is 49.6 Å². The molecule has 0 fully saturated rings. The fourth-order valence-electron chi connectivity index (χ4n) is 6.26. The van der Waals surface area contributed by atoms with Gasteiger partial charge in [0, 0.05) is 52.5 Å². The molecule has 1 aromatic heterocycles. The molecule has 0 amide bonds. The van der Waals surface area contributed by atoms with Crippen LogP contribution in [-0.4, -0.2) is 43.5 Å². The summed E-state index contributed by atoms with van der Waals surface area (Å²) < 4.78 is 11.1. The summed E-state index contributed by atoms with van der Waals surface area (Å²) in [7, 11) is 1.47. The number of carbonyl (C=O) groups is 1. The zero-order valence-electron chi connectivity index (χ0n) is 23.9. The van der Waals surface area contributed by atoms with Crippen LogP contribution < -0.4 is 4.74 Å². The smallest absolute Gasteiger partial charge is 0.171 e. The van der Waals surface area contributed by atoms with Crippen molar-refractivity contribution < 1.29 is 44.6 Å². The van der Waals surface area contributed by atoms with E-state index in [-0.39, 0.29) is 39.9 Å². The molecule has 0 radical (unpaired) electrons. The normalized spacial score (nSPS) is 18.2. The third kappa shape index (κ3) is 5.02. The van der Waals surface area contributed by atoms with Gasteiger partial charge in [0.2, 0.25) is 0 Å². The number of fused-ring (bicyclic) bond motifs is 1. The lowest BCUT2D eigenvalue weighted by Gasteiger charge is -2.37. The number of rotatable bonds is 6. The highest BCUT2D eigenvalue weighted by Crippen LogP contribution is 2.53. The zero-order valence-corrected chi connectivity index (χ0v) is 23.9. The molecule has 4 aromatic carbocycles.